The highest BCUT2D eigenvalue weighted by Crippen LogP contribution is 2.30. The Morgan fingerprint density at radius 3 is 2.94 bits per heavy atom. The number of aryl methyl sites for hydroxylation is 1. The molecular weight excluding hydrogens is 226 g/mol. The van der Waals surface area contributed by atoms with Crippen LogP contribution in [0.25, 0.3) is 11.4 Å². The van der Waals surface area contributed by atoms with Gasteiger partial charge < -0.3 is 9.64 Å². The van der Waals surface area contributed by atoms with Crippen LogP contribution in [-0.2, 0) is 0 Å². The molecule has 0 aliphatic carbocycles. The molecule has 4 heteroatoms. The van der Waals surface area contributed by atoms with Crippen LogP contribution in [0.2, 0.25) is 0 Å². The summed E-state index contributed by atoms with van der Waals surface area (Å²) in [6, 6.07) is 7.95. The van der Waals surface area contributed by atoms with E-state index in [0.29, 0.717) is 6.61 Å². The fourth-order valence-corrected chi connectivity index (χ4v) is 2.04. The van der Waals surface area contributed by atoms with Crippen molar-refractivity contribution in [2.75, 3.05) is 25.1 Å². The van der Waals surface area contributed by atoms with Gasteiger partial charge in [-0.15, -0.1) is 0 Å². The zero-order valence-corrected chi connectivity index (χ0v) is 10.6. The Kier molecular flexibility index (Phi) is 2.63. The van der Waals surface area contributed by atoms with Crippen molar-refractivity contribution in [2.24, 2.45) is 0 Å². The van der Waals surface area contributed by atoms with Crippen LogP contribution in [0.15, 0.2) is 30.5 Å². The van der Waals surface area contributed by atoms with E-state index in [2.05, 4.69) is 21.8 Å². The molecule has 92 valence electrons. The molecule has 0 saturated carbocycles. The molecule has 0 atom stereocenters. The number of nitrogens with zero attached hydrogens (tertiary/aromatic N) is 3. The lowest BCUT2D eigenvalue weighted by atomic mass is 10.2. The minimum Gasteiger partial charge on any atom is -0.488 e. The number of anilines is 1. The van der Waals surface area contributed by atoms with Crippen LogP contribution in [0.1, 0.15) is 5.56 Å². The summed E-state index contributed by atoms with van der Waals surface area (Å²) >= 11 is 0. The van der Waals surface area contributed by atoms with E-state index >= 15 is 0 Å². The van der Waals surface area contributed by atoms with Gasteiger partial charge in [0.15, 0.2) is 11.6 Å². The first kappa shape index (κ1) is 11.0. The van der Waals surface area contributed by atoms with E-state index < -0.39 is 0 Å². The monoisotopic (exact) mass is 241 g/mol. The summed E-state index contributed by atoms with van der Waals surface area (Å²) in [6.07, 6.45) is 1.81. The van der Waals surface area contributed by atoms with Gasteiger partial charge in [-0.2, -0.15) is 0 Å². The maximum absolute atomic E-state index is 5.58. The number of likely N-dealkylation sites (N-methyl/N-ethyl adjacent to an activating group) is 1. The van der Waals surface area contributed by atoms with Gasteiger partial charge in [0.05, 0.1) is 17.9 Å². The molecule has 3 heterocycles. The Balaban J connectivity index is 2.06. The predicted octanol–water partition coefficient (Wildman–Crippen LogP) is 2.28. The van der Waals surface area contributed by atoms with Gasteiger partial charge in [-0.05, 0) is 36.8 Å². The smallest absolute Gasteiger partial charge is 0.171 e. The molecule has 0 spiro atoms. The number of rotatable bonds is 1. The number of ether oxygens (including phenoxy) is 1. The molecule has 1 aliphatic rings. The van der Waals surface area contributed by atoms with Crippen LogP contribution < -0.4 is 9.64 Å². The molecule has 0 fully saturated rings. The van der Waals surface area contributed by atoms with Crippen molar-refractivity contribution in [3.63, 3.8) is 0 Å². The van der Waals surface area contributed by atoms with Crippen molar-refractivity contribution in [2.45, 2.75) is 6.92 Å². The average molecular weight is 241 g/mol. The minimum absolute atomic E-state index is 0.715. The molecule has 18 heavy (non-hydrogen) atoms. The van der Waals surface area contributed by atoms with Crippen molar-refractivity contribution in [1.82, 2.24) is 9.97 Å². The van der Waals surface area contributed by atoms with Crippen molar-refractivity contribution in [3.05, 3.63) is 36.0 Å². The highest BCUT2D eigenvalue weighted by atomic mass is 16.5. The van der Waals surface area contributed by atoms with Crippen molar-refractivity contribution >= 4 is 5.82 Å². The fourth-order valence-electron chi connectivity index (χ4n) is 2.04. The lowest BCUT2D eigenvalue weighted by Gasteiger charge is -2.26. The van der Waals surface area contributed by atoms with E-state index in [9.17, 15) is 0 Å². The van der Waals surface area contributed by atoms with Gasteiger partial charge in [-0.1, -0.05) is 0 Å². The molecular formula is C14H15N3O. The van der Waals surface area contributed by atoms with Gasteiger partial charge >= 0.3 is 0 Å². The second-order valence-corrected chi connectivity index (χ2v) is 4.51. The van der Waals surface area contributed by atoms with Gasteiger partial charge in [0.25, 0.3) is 0 Å². The van der Waals surface area contributed by atoms with E-state index in [0.717, 1.165) is 29.5 Å². The molecule has 0 amide bonds. The van der Waals surface area contributed by atoms with E-state index in [1.165, 1.54) is 5.56 Å². The molecule has 3 rings (SSSR count). The van der Waals surface area contributed by atoms with Crippen LogP contribution in [-0.4, -0.2) is 30.2 Å². The minimum atomic E-state index is 0.715. The summed E-state index contributed by atoms with van der Waals surface area (Å²) in [7, 11) is 2.03. The highest BCUT2D eigenvalue weighted by Gasteiger charge is 2.17. The number of fused-ring (bicyclic) bond motifs is 1. The van der Waals surface area contributed by atoms with Crippen molar-refractivity contribution in [1.29, 1.82) is 0 Å². The van der Waals surface area contributed by atoms with Crippen LogP contribution in [0.4, 0.5) is 5.82 Å². The lowest BCUT2D eigenvalue weighted by Crippen LogP contribution is -2.29. The molecule has 2 aromatic rings. The summed E-state index contributed by atoms with van der Waals surface area (Å²) in [4.78, 5) is 11.1. The lowest BCUT2D eigenvalue weighted by molar-refractivity contribution is 0.309. The molecule has 4 nitrogen and oxygen atoms in total. The molecule has 0 radical (unpaired) electrons. The summed E-state index contributed by atoms with van der Waals surface area (Å²) in [6.45, 7) is 3.64. The second kappa shape index (κ2) is 4.29. The zero-order valence-electron chi connectivity index (χ0n) is 10.6. The standard InChI is InChI=1S/C14H15N3O/c1-10-5-6-15-12(9-10)11-3-4-13-14(16-11)17(2)7-8-18-13/h3-6,9H,7-8H2,1-2H3. The SMILES string of the molecule is Cc1ccnc(-c2ccc3c(n2)N(C)CCO3)c1. The largest absolute Gasteiger partial charge is 0.488 e. The molecule has 0 aromatic carbocycles. The second-order valence-electron chi connectivity index (χ2n) is 4.51. The quantitative estimate of drug-likeness (QED) is 0.767. The maximum atomic E-state index is 5.58. The summed E-state index contributed by atoms with van der Waals surface area (Å²) in [5.41, 5.74) is 2.97. The molecule has 0 unspecified atom stereocenters. The number of pyridine rings is 2. The molecule has 0 saturated heterocycles. The van der Waals surface area contributed by atoms with E-state index in [1.54, 1.807) is 0 Å². The molecule has 0 bridgehead atoms. The number of hydrogen-bond acceptors (Lipinski definition) is 4. The topological polar surface area (TPSA) is 38.2 Å². The predicted molar refractivity (Wildman–Crippen MR) is 71.0 cm³/mol. The van der Waals surface area contributed by atoms with E-state index in [4.69, 9.17) is 4.74 Å². The average Bonchev–Trinajstić information content (AvgIpc) is 2.39. The highest BCUT2D eigenvalue weighted by molar-refractivity contribution is 5.63. The third kappa shape index (κ3) is 1.90. The summed E-state index contributed by atoms with van der Waals surface area (Å²) in [5.74, 6) is 1.74. The van der Waals surface area contributed by atoms with E-state index in [-0.39, 0.29) is 0 Å². The number of aromatic nitrogens is 2. The van der Waals surface area contributed by atoms with Gasteiger partial charge in [0, 0.05) is 13.2 Å². The summed E-state index contributed by atoms with van der Waals surface area (Å²) in [5, 5.41) is 0. The summed E-state index contributed by atoms with van der Waals surface area (Å²) < 4.78 is 5.58. The van der Waals surface area contributed by atoms with E-state index in [1.807, 2.05) is 37.5 Å². The molecule has 1 aliphatic heterocycles. The maximum Gasteiger partial charge on any atom is 0.171 e. The van der Waals surface area contributed by atoms with Crippen molar-refractivity contribution < 1.29 is 4.74 Å². The first-order valence-electron chi connectivity index (χ1n) is 6.02. The first-order valence-corrected chi connectivity index (χ1v) is 6.02. The van der Waals surface area contributed by atoms with Crippen molar-refractivity contribution in [3.8, 4) is 17.1 Å². The van der Waals surface area contributed by atoms with Crippen LogP contribution >= 0.6 is 0 Å². The van der Waals surface area contributed by atoms with Gasteiger partial charge in [-0.3, -0.25) is 4.98 Å². The molecule has 2 aromatic heterocycles. The van der Waals surface area contributed by atoms with Gasteiger partial charge in [0.1, 0.15) is 6.61 Å². The molecule has 0 N–H and O–H groups in total. The van der Waals surface area contributed by atoms with Gasteiger partial charge in [0.2, 0.25) is 0 Å². The van der Waals surface area contributed by atoms with Gasteiger partial charge in [-0.25, -0.2) is 4.98 Å². The Morgan fingerprint density at radius 2 is 2.11 bits per heavy atom. The third-order valence-corrected chi connectivity index (χ3v) is 3.06. The third-order valence-electron chi connectivity index (χ3n) is 3.06. The number of hydrogen-bond donors (Lipinski definition) is 0. The first-order chi connectivity index (χ1) is 8.74. The van der Waals surface area contributed by atoms with Crippen LogP contribution in [0.3, 0.4) is 0 Å². The van der Waals surface area contributed by atoms with Crippen LogP contribution in [0, 0.1) is 6.92 Å². The Bertz CT molecular complexity index is 583. The van der Waals surface area contributed by atoms with Crippen LogP contribution in [0.5, 0.6) is 5.75 Å². The fraction of sp³-hybridized carbons (Fsp3) is 0.286. The Labute approximate surface area is 106 Å². The Hall–Kier alpha value is -2.10. The zero-order chi connectivity index (χ0) is 12.5. The Morgan fingerprint density at radius 1 is 1.22 bits per heavy atom. The normalized spacial score (nSPS) is 14.0.